The normalized spacial score (nSPS) is 11.2. The Kier molecular flexibility index (Phi) is 4.75. The molecule has 19 heavy (non-hydrogen) atoms. The van der Waals surface area contributed by atoms with E-state index in [0.717, 1.165) is 13.1 Å². The number of nitrogens with zero attached hydrogens (tertiary/aromatic N) is 1. The van der Waals surface area contributed by atoms with Crippen molar-refractivity contribution in [2.75, 3.05) is 0 Å². The molecule has 0 amide bonds. The maximum absolute atomic E-state index is 2.50. The van der Waals surface area contributed by atoms with Gasteiger partial charge in [0.1, 0.15) is 0 Å². The first-order valence-electron chi connectivity index (χ1n) is 6.98. The summed E-state index contributed by atoms with van der Waals surface area (Å²) in [5, 5.41) is 0. The molecule has 0 heterocycles. The number of hydrogen-bond donors (Lipinski definition) is 0. The molecular weight excluding hydrogens is 230 g/mol. The first-order chi connectivity index (χ1) is 9.15. The molecule has 0 radical (unpaired) electrons. The van der Waals surface area contributed by atoms with E-state index < -0.39 is 0 Å². The summed E-state index contributed by atoms with van der Waals surface area (Å²) in [6.45, 7) is 8.67. The topological polar surface area (TPSA) is 3.24 Å². The Balaban J connectivity index is 2.06. The van der Waals surface area contributed by atoms with Crippen LogP contribution in [0.4, 0.5) is 0 Å². The van der Waals surface area contributed by atoms with Gasteiger partial charge in [0.2, 0.25) is 0 Å². The molecule has 0 spiro atoms. The van der Waals surface area contributed by atoms with E-state index in [1.165, 1.54) is 16.7 Å². The molecule has 2 aromatic carbocycles. The third-order valence-corrected chi connectivity index (χ3v) is 3.47. The highest BCUT2D eigenvalue weighted by atomic mass is 15.1. The van der Waals surface area contributed by atoms with Gasteiger partial charge < -0.3 is 0 Å². The first kappa shape index (κ1) is 13.8. The van der Waals surface area contributed by atoms with Crippen LogP contribution in [0.5, 0.6) is 0 Å². The zero-order chi connectivity index (χ0) is 13.7. The Hall–Kier alpha value is -1.60. The quantitative estimate of drug-likeness (QED) is 0.763. The summed E-state index contributed by atoms with van der Waals surface area (Å²) in [5.74, 6) is 0. The third-order valence-electron chi connectivity index (χ3n) is 3.47. The molecule has 0 aliphatic rings. The molecule has 2 rings (SSSR count). The summed E-state index contributed by atoms with van der Waals surface area (Å²) in [6.07, 6.45) is 0. The second-order valence-corrected chi connectivity index (χ2v) is 5.47. The average molecular weight is 253 g/mol. The van der Waals surface area contributed by atoms with Gasteiger partial charge in [-0.2, -0.15) is 0 Å². The van der Waals surface area contributed by atoms with Gasteiger partial charge in [-0.1, -0.05) is 60.2 Å². The largest absolute Gasteiger partial charge is 0.292 e. The molecule has 0 aliphatic heterocycles. The van der Waals surface area contributed by atoms with Gasteiger partial charge in [-0.15, -0.1) is 0 Å². The highest BCUT2D eigenvalue weighted by molar-refractivity contribution is 5.21. The SMILES string of the molecule is Cc1ccc(CN(Cc2ccccc2)C(C)C)cc1. The van der Waals surface area contributed by atoms with E-state index in [-0.39, 0.29) is 0 Å². The molecule has 2 aromatic rings. The summed E-state index contributed by atoms with van der Waals surface area (Å²) in [7, 11) is 0. The fourth-order valence-corrected chi connectivity index (χ4v) is 2.17. The molecule has 0 bridgehead atoms. The van der Waals surface area contributed by atoms with Crippen molar-refractivity contribution < 1.29 is 0 Å². The summed E-state index contributed by atoms with van der Waals surface area (Å²) in [5.41, 5.74) is 4.08. The maximum atomic E-state index is 2.50. The molecule has 0 aliphatic carbocycles. The van der Waals surface area contributed by atoms with Crippen LogP contribution in [0.15, 0.2) is 54.6 Å². The van der Waals surface area contributed by atoms with Gasteiger partial charge in [0, 0.05) is 19.1 Å². The van der Waals surface area contributed by atoms with E-state index in [2.05, 4.69) is 80.3 Å². The summed E-state index contributed by atoms with van der Waals surface area (Å²) in [6, 6.07) is 20.1. The Morgan fingerprint density at radius 3 is 1.84 bits per heavy atom. The van der Waals surface area contributed by atoms with E-state index in [1.807, 2.05) is 0 Å². The van der Waals surface area contributed by atoms with Gasteiger partial charge in [0.15, 0.2) is 0 Å². The van der Waals surface area contributed by atoms with Crippen LogP contribution >= 0.6 is 0 Å². The van der Waals surface area contributed by atoms with Crippen molar-refractivity contribution in [2.24, 2.45) is 0 Å². The van der Waals surface area contributed by atoms with Crippen molar-refractivity contribution >= 4 is 0 Å². The number of rotatable bonds is 5. The minimum atomic E-state index is 0.543. The van der Waals surface area contributed by atoms with Gasteiger partial charge in [-0.3, -0.25) is 4.90 Å². The average Bonchev–Trinajstić information content (AvgIpc) is 2.41. The first-order valence-corrected chi connectivity index (χ1v) is 6.98. The van der Waals surface area contributed by atoms with Crippen LogP contribution in [-0.2, 0) is 13.1 Å². The van der Waals surface area contributed by atoms with Gasteiger partial charge in [-0.05, 0) is 31.9 Å². The molecule has 0 saturated carbocycles. The van der Waals surface area contributed by atoms with Crippen molar-refractivity contribution in [3.63, 3.8) is 0 Å². The molecule has 0 N–H and O–H groups in total. The van der Waals surface area contributed by atoms with Crippen LogP contribution in [0.2, 0.25) is 0 Å². The maximum Gasteiger partial charge on any atom is 0.0239 e. The third kappa shape index (κ3) is 4.22. The number of hydrogen-bond acceptors (Lipinski definition) is 1. The number of benzene rings is 2. The van der Waals surface area contributed by atoms with Crippen molar-refractivity contribution in [3.05, 3.63) is 71.3 Å². The van der Waals surface area contributed by atoms with Crippen LogP contribution in [0.25, 0.3) is 0 Å². The lowest BCUT2D eigenvalue weighted by Crippen LogP contribution is -2.29. The predicted octanol–water partition coefficient (Wildman–Crippen LogP) is 4.41. The molecule has 0 atom stereocenters. The van der Waals surface area contributed by atoms with E-state index >= 15 is 0 Å². The predicted molar refractivity (Wildman–Crippen MR) is 82.0 cm³/mol. The monoisotopic (exact) mass is 253 g/mol. The summed E-state index contributed by atoms with van der Waals surface area (Å²) < 4.78 is 0. The molecule has 100 valence electrons. The molecule has 0 saturated heterocycles. The highest BCUT2D eigenvalue weighted by Crippen LogP contribution is 2.13. The summed E-state index contributed by atoms with van der Waals surface area (Å²) >= 11 is 0. The van der Waals surface area contributed by atoms with Crippen LogP contribution < -0.4 is 0 Å². The molecule has 0 unspecified atom stereocenters. The Labute approximate surface area is 116 Å². The van der Waals surface area contributed by atoms with Crippen molar-refractivity contribution in [3.8, 4) is 0 Å². The van der Waals surface area contributed by atoms with Crippen LogP contribution in [-0.4, -0.2) is 10.9 Å². The van der Waals surface area contributed by atoms with Crippen molar-refractivity contribution in [1.82, 2.24) is 4.90 Å². The van der Waals surface area contributed by atoms with Crippen molar-refractivity contribution in [1.29, 1.82) is 0 Å². The minimum absolute atomic E-state index is 0.543. The lowest BCUT2D eigenvalue weighted by Gasteiger charge is -2.26. The Morgan fingerprint density at radius 2 is 1.32 bits per heavy atom. The summed E-state index contributed by atoms with van der Waals surface area (Å²) in [4.78, 5) is 2.50. The second-order valence-electron chi connectivity index (χ2n) is 5.47. The van der Waals surface area contributed by atoms with Crippen LogP contribution in [0.1, 0.15) is 30.5 Å². The lowest BCUT2D eigenvalue weighted by molar-refractivity contribution is 0.203. The highest BCUT2D eigenvalue weighted by Gasteiger charge is 2.10. The second kappa shape index (κ2) is 6.53. The fourth-order valence-electron chi connectivity index (χ4n) is 2.17. The lowest BCUT2D eigenvalue weighted by atomic mass is 10.1. The molecule has 0 aromatic heterocycles. The van der Waals surface area contributed by atoms with Gasteiger partial charge in [0.05, 0.1) is 0 Å². The fraction of sp³-hybridized carbons (Fsp3) is 0.333. The van der Waals surface area contributed by atoms with E-state index in [9.17, 15) is 0 Å². The molecule has 1 nitrogen and oxygen atoms in total. The van der Waals surface area contributed by atoms with Crippen LogP contribution in [0, 0.1) is 6.92 Å². The van der Waals surface area contributed by atoms with E-state index in [0.29, 0.717) is 6.04 Å². The van der Waals surface area contributed by atoms with Crippen LogP contribution in [0.3, 0.4) is 0 Å². The van der Waals surface area contributed by atoms with Gasteiger partial charge in [0.25, 0.3) is 0 Å². The zero-order valence-electron chi connectivity index (χ0n) is 12.1. The standard InChI is InChI=1S/C18H23N/c1-15(2)19(13-17-7-5-4-6-8-17)14-18-11-9-16(3)10-12-18/h4-12,15H,13-14H2,1-3H3. The minimum Gasteiger partial charge on any atom is -0.292 e. The smallest absolute Gasteiger partial charge is 0.0239 e. The number of aryl methyl sites for hydroxylation is 1. The zero-order valence-corrected chi connectivity index (χ0v) is 12.1. The van der Waals surface area contributed by atoms with E-state index in [1.54, 1.807) is 0 Å². The molecular formula is C18H23N. The van der Waals surface area contributed by atoms with Crippen molar-refractivity contribution in [2.45, 2.75) is 39.9 Å². The molecule has 1 heteroatoms. The van der Waals surface area contributed by atoms with E-state index in [4.69, 9.17) is 0 Å². The Bertz CT molecular complexity index is 485. The Morgan fingerprint density at radius 1 is 0.789 bits per heavy atom. The molecule has 0 fully saturated rings. The van der Waals surface area contributed by atoms with Gasteiger partial charge in [-0.25, -0.2) is 0 Å². The van der Waals surface area contributed by atoms with Gasteiger partial charge >= 0.3 is 0 Å².